The number of halogens is 2. The molecule has 1 aliphatic heterocycles. The maximum absolute atomic E-state index is 12.1. The van der Waals surface area contributed by atoms with Crippen LogP contribution in [0.15, 0.2) is 29.3 Å². The molecule has 1 aliphatic rings. The van der Waals surface area contributed by atoms with Crippen molar-refractivity contribution in [2.45, 2.75) is 54.5 Å². The van der Waals surface area contributed by atoms with E-state index in [2.05, 4.69) is 10.3 Å². The monoisotopic (exact) mass is 461 g/mol. The van der Waals surface area contributed by atoms with E-state index in [-0.39, 0.29) is 11.5 Å². The van der Waals surface area contributed by atoms with Crippen molar-refractivity contribution in [1.82, 2.24) is 15.0 Å². The molecule has 1 aromatic carbocycles. The molecule has 0 aliphatic carbocycles. The number of ketones is 1. The van der Waals surface area contributed by atoms with Crippen LogP contribution in [-0.4, -0.2) is 66.5 Å². The van der Waals surface area contributed by atoms with E-state index in [1.807, 2.05) is 6.92 Å². The van der Waals surface area contributed by atoms with E-state index in [1.165, 1.54) is 22.6 Å². The molecule has 3 rings (SSSR count). The summed E-state index contributed by atoms with van der Waals surface area (Å²) < 4.78 is 6.94. The smallest absolute Gasteiger partial charge is 0.184 e. The third-order valence-electron chi connectivity index (χ3n) is 4.57. The Kier molecular flexibility index (Phi) is 7.55. The van der Waals surface area contributed by atoms with Crippen molar-refractivity contribution < 1.29 is 24.9 Å². The van der Waals surface area contributed by atoms with E-state index in [4.69, 9.17) is 27.9 Å². The summed E-state index contributed by atoms with van der Waals surface area (Å²) in [5, 5.41) is 39.6. The van der Waals surface area contributed by atoms with Gasteiger partial charge in [-0.25, -0.2) is 4.68 Å². The highest BCUT2D eigenvalue weighted by atomic mass is 35.5. The van der Waals surface area contributed by atoms with Crippen molar-refractivity contribution in [2.75, 3.05) is 6.61 Å². The molecule has 11 heteroatoms. The van der Waals surface area contributed by atoms with Crippen molar-refractivity contribution in [2.24, 2.45) is 0 Å². The minimum Gasteiger partial charge on any atom is -0.394 e. The number of ether oxygens (including phenoxy) is 1. The highest BCUT2D eigenvalue weighted by Crippen LogP contribution is 2.39. The molecule has 0 spiro atoms. The maximum Gasteiger partial charge on any atom is 0.184 e. The van der Waals surface area contributed by atoms with Gasteiger partial charge in [0.2, 0.25) is 0 Å². The second kappa shape index (κ2) is 9.74. The molecule has 0 radical (unpaired) electrons. The molecule has 1 unspecified atom stereocenters. The van der Waals surface area contributed by atoms with Gasteiger partial charge in [-0.3, -0.25) is 4.79 Å². The van der Waals surface area contributed by atoms with Crippen LogP contribution >= 0.6 is 35.0 Å². The third kappa shape index (κ3) is 4.93. The van der Waals surface area contributed by atoms with E-state index in [0.717, 1.165) is 0 Å². The van der Waals surface area contributed by atoms with Crippen LogP contribution in [0.5, 0.6) is 0 Å². The van der Waals surface area contributed by atoms with Crippen LogP contribution in [0.3, 0.4) is 0 Å². The highest BCUT2D eigenvalue weighted by Gasteiger charge is 2.46. The highest BCUT2D eigenvalue weighted by molar-refractivity contribution is 7.99. The van der Waals surface area contributed by atoms with Crippen molar-refractivity contribution in [3.05, 3.63) is 40.1 Å². The first-order valence-electron chi connectivity index (χ1n) is 9.04. The molecular formula is C18H21Cl2N3O5S. The van der Waals surface area contributed by atoms with Crippen LogP contribution < -0.4 is 0 Å². The fourth-order valence-electron chi connectivity index (χ4n) is 3.07. The van der Waals surface area contributed by atoms with E-state index in [9.17, 15) is 20.1 Å². The lowest BCUT2D eigenvalue weighted by Crippen LogP contribution is -2.55. The van der Waals surface area contributed by atoms with Gasteiger partial charge in [0.05, 0.1) is 22.8 Å². The molecule has 1 fully saturated rings. The van der Waals surface area contributed by atoms with Crippen LogP contribution in [0.25, 0.3) is 0 Å². The number of hydrogen-bond donors (Lipinski definition) is 3. The van der Waals surface area contributed by atoms with E-state index >= 15 is 0 Å². The molecule has 0 bridgehead atoms. The Morgan fingerprint density at radius 3 is 2.69 bits per heavy atom. The number of carbonyl (C=O) groups excluding carboxylic acids is 1. The van der Waals surface area contributed by atoms with Gasteiger partial charge in [0.25, 0.3) is 0 Å². The summed E-state index contributed by atoms with van der Waals surface area (Å²) in [6, 6.07) is 4.02. The molecule has 2 aromatic rings. The normalized spacial score (nSPS) is 27.2. The van der Waals surface area contributed by atoms with E-state index < -0.39 is 36.4 Å². The maximum atomic E-state index is 12.1. The Morgan fingerprint density at radius 1 is 1.28 bits per heavy atom. The number of aromatic nitrogens is 3. The largest absolute Gasteiger partial charge is 0.394 e. The number of Topliss-reactive ketones (excluding diaryl/α,β-unsaturated/α-hetero) is 1. The fraction of sp³-hybridized carbons (Fsp3) is 0.500. The lowest BCUT2D eigenvalue weighted by Gasteiger charge is -2.41. The standard InChI is InChI=1S/C18H21Cl2N3O5S/c1-2-3-13(25)12-7-23(22-21-12)15-16(26)14(8-24)28-18(17(15)27)29-9-4-5-10(19)11(20)6-9/h4-7,14-18,24,26-27H,2-3,8H2,1H3/t14-,15+,16+,17-,18?/m1/s1. The molecule has 3 N–H and O–H groups in total. The topological polar surface area (TPSA) is 118 Å². The number of carbonyl (C=O) groups is 1. The van der Waals surface area contributed by atoms with Gasteiger partial charge >= 0.3 is 0 Å². The quantitative estimate of drug-likeness (QED) is 0.537. The van der Waals surface area contributed by atoms with Gasteiger partial charge < -0.3 is 20.1 Å². The zero-order valence-corrected chi connectivity index (χ0v) is 17.8. The SMILES string of the molecule is CCCC(=O)c1cn([C@H]2[C@@H](O)[C@@H](CO)OC(Sc3ccc(Cl)c(Cl)c3)[C@@H]2O)nn1. The molecule has 8 nitrogen and oxygen atoms in total. The molecular weight excluding hydrogens is 441 g/mol. The molecule has 2 heterocycles. The Hall–Kier alpha value is -1.20. The minimum atomic E-state index is -1.25. The number of hydrogen-bond acceptors (Lipinski definition) is 8. The van der Waals surface area contributed by atoms with Crippen molar-refractivity contribution in [1.29, 1.82) is 0 Å². The van der Waals surface area contributed by atoms with Crippen molar-refractivity contribution in [3.63, 3.8) is 0 Å². The van der Waals surface area contributed by atoms with Crippen LogP contribution in [0.2, 0.25) is 10.0 Å². The summed E-state index contributed by atoms with van der Waals surface area (Å²) in [5.41, 5.74) is -0.677. The summed E-state index contributed by atoms with van der Waals surface area (Å²) in [6.45, 7) is 1.42. The fourth-order valence-corrected chi connectivity index (χ4v) is 4.53. The summed E-state index contributed by atoms with van der Waals surface area (Å²) in [5.74, 6) is -0.171. The minimum absolute atomic E-state index is 0.159. The third-order valence-corrected chi connectivity index (χ3v) is 6.46. The Morgan fingerprint density at radius 2 is 2.03 bits per heavy atom. The zero-order chi connectivity index (χ0) is 21.1. The first-order chi connectivity index (χ1) is 13.8. The number of thioether (sulfide) groups is 1. The van der Waals surface area contributed by atoms with Crippen molar-refractivity contribution >= 4 is 40.7 Å². The summed E-state index contributed by atoms with van der Waals surface area (Å²) in [4.78, 5) is 12.7. The lowest BCUT2D eigenvalue weighted by molar-refractivity contribution is -0.178. The van der Waals surface area contributed by atoms with Crippen LogP contribution in [-0.2, 0) is 4.74 Å². The van der Waals surface area contributed by atoms with E-state index in [1.54, 1.807) is 18.2 Å². The molecule has 5 atom stereocenters. The van der Waals surface area contributed by atoms with Gasteiger partial charge in [-0.2, -0.15) is 0 Å². The average molecular weight is 462 g/mol. The van der Waals surface area contributed by atoms with Crippen LogP contribution in [0, 0.1) is 0 Å². The molecule has 1 aromatic heterocycles. The molecule has 0 amide bonds. The average Bonchev–Trinajstić information content (AvgIpc) is 3.17. The Labute approximate surface area is 181 Å². The zero-order valence-electron chi connectivity index (χ0n) is 15.5. The Balaban J connectivity index is 1.85. The van der Waals surface area contributed by atoms with Crippen molar-refractivity contribution in [3.8, 4) is 0 Å². The molecule has 158 valence electrons. The van der Waals surface area contributed by atoms with Gasteiger partial charge in [0.1, 0.15) is 35.5 Å². The summed E-state index contributed by atoms with van der Waals surface area (Å²) >= 11 is 13.2. The second-order valence-electron chi connectivity index (χ2n) is 6.65. The van der Waals surface area contributed by atoms with E-state index in [0.29, 0.717) is 27.8 Å². The first-order valence-corrected chi connectivity index (χ1v) is 10.7. The van der Waals surface area contributed by atoms with Crippen LogP contribution in [0.4, 0.5) is 0 Å². The van der Waals surface area contributed by atoms with Gasteiger partial charge in [0.15, 0.2) is 5.78 Å². The number of nitrogens with zero attached hydrogens (tertiary/aromatic N) is 3. The lowest BCUT2D eigenvalue weighted by atomic mass is 9.97. The number of aliphatic hydroxyl groups is 3. The van der Waals surface area contributed by atoms with Gasteiger partial charge in [-0.15, -0.1) is 5.10 Å². The van der Waals surface area contributed by atoms with Gasteiger partial charge in [-0.05, 0) is 24.6 Å². The summed E-state index contributed by atoms with van der Waals surface area (Å²) in [6.07, 6.45) is -1.02. The molecule has 29 heavy (non-hydrogen) atoms. The van der Waals surface area contributed by atoms with Crippen LogP contribution in [0.1, 0.15) is 36.3 Å². The van der Waals surface area contributed by atoms with Gasteiger partial charge in [0, 0.05) is 11.3 Å². The Bertz CT molecular complexity index is 868. The number of aliphatic hydroxyl groups excluding tert-OH is 3. The van der Waals surface area contributed by atoms with Gasteiger partial charge in [-0.1, -0.05) is 47.1 Å². The second-order valence-corrected chi connectivity index (χ2v) is 8.63. The summed E-state index contributed by atoms with van der Waals surface area (Å²) in [7, 11) is 0. The number of benzene rings is 1. The molecule has 0 saturated carbocycles. The molecule has 1 saturated heterocycles. The number of rotatable bonds is 7. The predicted octanol–water partition coefficient (Wildman–Crippen LogP) is 2.34. The first kappa shape index (κ1) is 22.5. The predicted molar refractivity (Wildman–Crippen MR) is 108 cm³/mol.